The first-order valence-electron chi connectivity index (χ1n) is 9.70. The first-order valence-corrected chi connectivity index (χ1v) is 11.7. The first-order chi connectivity index (χ1) is 13.8. The van der Waals surface area contributed by atoms with E-state index in [1.165, 1.54) is 26.3 Å². The number of benzene rings is 4. The second-order valence-corrected chi connectivity index (χ2v) is 11.1. The fourth-order valence-corrected chi connectivity index (χ4v) is 8.92. The van der Waals surface area contributed by atoms with E-state index in [-0.39, 0.29) is 0 Å². The molecule has 0 aliphatic rings. The molecule has 0 saturated heterocycles. The predicted molar refractivity (Wildman–Crippen MR) is 123 cm³/mol. The monoisotopic (exact) mass is 376 g/mol. The lowest BCUT2D eigenvalue weighted by Crippen LogP contribution is -2.68. The van der Waals surface area contributed by atoms with Gasteiger partial charge >= 0.3 is 0 Å². The highest BCUT2D eigenvalue weighted by Gasteiger charge is 2.41. The van der Waals surface area contributed by atoms with Gasteiger partial charge in [0.1, 0.15) is 0 Å². The van der Waals surface area contributed by atoms with Crippen LogP contribution < -0.4 is 15.6 Å². The lowest BCUT2D eigenvalue weighted by Gasteiger charge is -2.36. The summed E-state index contributed by atoms with van der Waals surface area (Å²) in [5.41, 5.74) is 1.31. The van der Waals surface area contributed by atoms with E-state index >= 15 is 0 Å². The summed E-state index contributed by atoms with van der Waals surface area (Å²) >= 11 is 0. The highest BCUT2D eigenvalue weighted by Crippen LogP contribution is 2.20. The van der Waals surface area contributed by atoms with Crippen LogP contribution in [0.5, 0.6) is 0 Å². The second kappa shape index (κ2) is 8.24. The zero-order valence-electron chi connectivity index (χ0n) is 16.0. The minimum absolute atomic E-state index is 0.881. The van der Waals surface area contributed by atoms with Crippen molar-refractivity contribution in [2.24, 2.45) is 0 Å². The smallest absolute Gasteiger partial charge is 0.102 e. The molecule has 4 rings (SSSR count). The molecule has 0 aromatic heterocycles. The summed E-state index contributed by atoms with van der Waals surface area (Å²) in [6.45, 7) is 4.71. The summed E-state index contributed by atoms with van der Waals surface area (Å²) in [6.07, 6.45) is 0.881. The zero-order chi connectivity index (χ0) is 19.2. The quantitative estimate of drug-likeness (QED) is 0.343. The van der Waals surface area contributed by atoms with Gasteiger partial charge in [0.15, 0.2) is 8.07 Å². The third kappa shape index (κ3) is 3.37. The summed E-state index contributed by atoms with van der Waals surface area (Å²) in [6, 6.07) is 43.6. The molecule has 136 valence electrons. The molecular formula is C27H24Si. The predicted octanol–water partition coefficient (Wildman–Crippen LogP) is 4.49. The van der Waals surface area contributed by atoms with E-state index in [1.54, 1.807) is 0 Å². The van der Waals surface area contributed by atoms with Crippen molar-refractivity contribution >= 4 is 23.6 Å². The van der Waals surface area contributed by atoms with Gasteiger partial charge in [0.2, 0.25) is 0 Å². The highest BCUT2D eigenvalue weighted by atomic mass is 28.3. The van der Waals surface area contributed by atoms with Gasteiger partial charge in [-0.3, -0.25) is 0 Å². The molecule has 0 aliphatic heterocycles. The number of hydrogen-bond acceptors (Lipinski definition) is 0. The fraction of sp³-hybridized carbons (Fsp3) is 0.0370. The van der Waals surface area contributed by atoms with Gasteiger partial charge in [-0.05, 0) is 27.5 Å². The first kappa shape index (κ1) is 18.2. The number of rotatable bonds is 6. The SMILES string of the molecule is C=C(Cc1ccccc1)[Si](c1ccccc1)(c1ccccc1)c1ccccc1. The average Bonchev–Trinajstić information content (AvgIpc) is 2.77. The minimum Gasteiger partial charge on any atom is -0.102 e. The van der Waals surface area contributed by atoms with Crippen LogP contribution in [0.1, 0.15) is 5.56 Å². The molecule has 0 amide bonds. The van der Waals surface area contributed by atoms with Crippen molar-refractivity contribution in [3.63, 3.8) is 0 Å². The van der Waals surface area contributed by atoms with Gasteiger partial charge in [-0.1, -0.05) is 127 Å². The van der Waals surface area contributed by atoms with Crippen LogP contribution in [-0.4, -0.2) is 8.07 Å². The average molecular weight is 377 g/mol. The fourth-order valence-electron chi connectivity index (χ4n) is 4.15. The van der Waals surface area contributed by atoms with Gasteiger partial charge < -0.3 is 0 Å². The third-order valence-electron chi connectivity index (χ3n) is 5.41. The molecule has 28 heavy (non-hydrogen) atoms. The van der Waals surface area contributed by atoms with E-state index < -0.39 is 8.07 Å². The molecule has 0 unspecified atom stereocenters. The topological polar surface area (TPSA) is 0 Å². The Labute approximate surface area is 168 Å². The molecule has 0 fully saturated rings. The van der Waals surface area contributed by atoms with Crippen LogP contribution in [0.4, 0.5) is 0 Å². The standard InChI is InChI=1S/C27H24Si/c1-23(22-24-14-6-2-7-15-24)28(25-16-8-3-9-17-25,26-18-10-4-11-19-26)27-20-12-5-13-21-27/h2-21H,1,22H2. The number of hydrogen-bond donors (Lipinski definition) is 0. The third-order valence-corrected chi connectivity index (χ3v) is 10.2. The summed E-state index contributed by atoms with van der Waals surface area (Å²) in [7, 11) is -2.40. The largest absolute Gasteiger partial charge is 0.175 e. The Morgan fingerprint density at radius 2 is 0.821 bits per heavy atom. The van der Waals surface area contributed by atoms with Crippen LogP contribution in [-0.2, 0) is 6.42 Å². The molecular weight excluding hydrogens is 352 g/mol. The van der Waals surface area contributed by atoms with Crippen molar-refractivity contribution in [1.82, 2.24) is 0 Å². The Morgan fingerprint density at radius 3 is 1.18 bits per heavy atom. The van der Waals surface area contributed by atoms with Crippen LogP contribution in [0, 0.1) is 0 Å². The lowest BCUT2D eigenvalue weighted by atomic mass is 10.1. The van der Waals surface area contributed by atoms with E-state index in [0.717, 1.165) is 6.42 Å². The minimum atomic E-state index is -2.40. The molecule has 0 nitrogen and oxygen atoms in total. The molecule has 4 aromatic rings. The van der Waals surface area contributed by atoms with E-state index in [1.807, 2.05) is 0 Å². The van der Waals surface area contributed by atoms with Crippen LogP contribution in [0.3, 0.4) is 0 Å². The van der Waals surface area contributed by atoms with Crippen molar-refractivity contribution in [3.8, 4) is 0 Å². The van der Waals surface area contributed by atoms with Crippen molar-refractivity contribution in [1.29, 1.82) is 0 Å². The van der Waals surface area contributed by atoms with Gasteiger partial charge in [0.25, 0.3) is 0 Å². The summed E-state index contributed by atoms with van der Waals surface area (Å²) in [5.74, 6) is 0. The van der Waals surface area contributed by atoms with Gasteiger partial charge in [0.05, 0.1) is 0 Å². The Hall–Kier alpha value is -3.16. The van der Waals surface area contributed by atoms with Crippen molar-refractivity contribution in [2.45, 2.75) is 6.42 Å². The van der Waals surface area contributed by atoms with E-state index in [4.69, 9.17) is 6.58 Å². The summed E-state index contributed by atoms with van der Waals surface area (Å²) < 4.78 is 0. The molecule has 1 heteroatoms. The Bertz CT molecular complexity index is 926. The van der Waals surface area contributed by atoms with Gasteiger partial charge in [-0.25, -0.2) is 0 Å². The maximum atomic E-state index is 4.71. The molecule has 0 heterocycles. The van der Waals surface area contributed by atoms with Crippen molar-refractivity contribution in [2.75, 3.05) is 0 Å². The van der Waals surface area contributed by atoms with Gasteiger partial charge in [0, 0.05) is 0 Å². The molecule has 0 radical (unpaired) electrons. The van der Waals surface area contributed by atoms with Crippen LogP contribution in [0.15, 0.2) is 133 Å². The Kier molecular flexibility index (Phi) is 5.36. The van der Waals surface area contributed by atoms with E-state index in [0.29, 0.717) is 0 Å². The number of allylic oxidation sites excluding steroid dienone is 1. The summed E-state index contributed by atoms with van der Waals surface area (Å²) in [5, 5.41) is 5.46. The molecule has 0 aliphatic carbocycles. The van der Waals surface area contributed by atoms with Crippen LogP contribution in [0.25, 0.3) is 0 Å². The molecule has 0 N–H and O–H groups in total. The lowest BCUT2D eigenvalue weighted by molar-refractivity contribution is 1.23. The van der Waals surface area contributed by atoms with Crippen LogP contribution >= 0.6 is 0 Å². The van der Waals surface area contributed by atoms with Crippen LogP contribution in [0.2, 0.25) is 0 Å². The Morgan fingerprint density at radius 1 is 0.500 bits per heavy atom. The molecule has 4 aromatic carbocycles. The van der Waals surface area contributed by atoms with Crippen molar-refractivity contribution in [3.05, 3.63) is 139 Å². The normalized spacial score (nSPS) is 11.1. The van der Waals surface area contributed by atoms with Crippen molar-refractivity contribution < 1.29 is 0 Å². The molecule has 0 spiro atoms. The molecule has 0 saturated carbocycles. The van der Waals surface area contributed by atoms with E-state index in [9.17, 15) is 0 Å². The van der Waals surface area contributed by atoms with E-state index in [2.05, 4.69) is 121 Å². The molecule has 0 atom stereocenters. The highest BCUT2D eigenvalue weighted by molar-refractivity contribution is 7.16. The van der Waals surface area contributed by atoms with Gasteiger partial charge in [-0.2, -0.15) is 0 Å². The maximum Gasteiger partial charge on any atom is 0.175 e. The molecule has 0 bridgehead atoms. The zero-order valence-corrected chi connectivity index (χ0v) is 17.0. The van der Waals surface area contributed by atoms with Gasteiger partial charge in [-0.15, -0.1) is 6.58 Å². The Balaban J connectivity index is 1.97. The second-order valence-electron chi connectivity index (χ2n) is 7.11. The maximum absolute atomic E-state index is 4.71. The summed E-state index contributed by atoms with van der Waals surface area (Å²) in [4.78, 5) is 0.